The van der Waals surface area contributed by atoms with E-state index in [-0.39, 0.29) is 12.1 Å². The van der Waals surface area contributed by atoms with Crippen LogP contribution < -0.4 is 9.47 Å². The summed E-state index contributed by atoms with van der Waals surface area (Å²) in [6.07, 6.45) is -0.750. The van der Waals surface area contributed by atoms with E-state index in [4.69, 9.17) is 14.2 Å². The van der Waals surface area contributed by atoms with Gasteiger partial charge in [0.1, 0.15) is 6.10 Å². The van der Waals surface area contributed by atoms with E-state index < -0.39 is 6.10 Å². The van der Waals surface area contributed by atoms with Gasteiger partial charge in [-0.2, -0.15) is 0 Å². The molecule has 0 saturated carbocycles. The second-order valence-corrected chi connectivity index (χ2v) is 3.61. The first-order chi connectivity index (χ1) is 8.21. The zero-order valence-electron chi connectivity index (χ0n) is 9.93. The molecule has 17 heavy (non-hydrogen) atoms. The van der Waals surface area contributed by atoms with E-state index in [9.17, 15) is 4.79 Å². The van der Waals surface area contributed by atoms with Crippen LogP contribution >= 0.6 is 0 Å². The molecule has 0 spiro atoms. The molecule has 2 atom stereocenters. The molecule has 5 heteroatoms. The molecule has 0 bridgehead atoms. The van der Waals surface area contributed by atoms with E-state index >= 15 is 0 Å². The number of methoxy groups -OCH3 is 3. The average Bonchev–Trinajstić information content (AvgIpc) is 3.17. The Morgan fingerprint density at radius 2 is 1.88 bits per heavy atom. The van der Waals surface area contributed by atoms with Gasteiger partial charge >= 0.3 is 5.97 Å². The third kappa shape index (κ3) is 2.19. The number of benzene rings is 1. The third-order valence-corrected chi connectivity index (χ3v) is 2.66. The van der Waals surface area contributed by atoms with Crippen molar-refractivity contribution >= 4 is 5.97 Å². The molecule has 5 nitrogen and oxygen atoms in total. The van der Waals surface area contributed by atoms with Crippen LogP contribution in [0.4, 0.5) is 0 Å². The highest BCUT2D eigenvalue weighted by molar-refractivity contribution is 5.78. The lowest BCUT2D eigenvalue weighted by atomic mass is 10.1. The van der Waals surface area contributed by atoms with Crippen LogP contribution in [0, 0.1) is 0 Å². The largest absolute Gasteiger partial charge is 0.493 e. The number of carbonyl (C=O) groups excluding carboxylic acids is 1. The van der Waals surface area contributed by atoms with Gasteiger partial charge in [-0.15, -0.1) is 0 Å². The van der Waals surface area contributed by atoms with Gasteiger partial charge in [0.25, 0.3) is 0 Å². The van der Waals surface area contributed by atoms with Crippen molar-refractivity contribution in [3.63, 3.8) is 0 Å². The Morgan fingerprint density at radius 1 is 1.18 bits per heavy atom. The molecule has 0 radical (unpaired) electrons. The van der Waals surface area contributed by atoms with E-state index in [1.165, 1.54) is 7.11 Å². The number of carbonyl (C=O) groups is 1. The van der Waals surface area contributed by atoms with Crippen LogP contribution in [-0.2, 0) is 14.3 Å². The second-order valence-electron chi connectivity index (χ2n) is 3.61. The number of esters is 1. The van der Waals surface area contributed by atoms with Gasteiger partial charge in [0, 0.05) is 0 Å². The van der Waals surface area contributed by atoms with Crippen LogP contribution in [0.5, 0.6) is 11.5 Å². The van der Waals surface area contributed by atoms with Gasteiger partial charge in [0.15, 0.2) is 17.6 Å². The summed E-state index contributed by atoms with van der Waals surface area (Å²) in [4.78, 5) is 11.2. The summed E-state index contributed by atoms with van der Waals surface area (Å²) in [7, 11) is 4.48. The maximum atomic E-state index is 11.2. The first-order valence-corrected chi connectivity index (χ1v) is 5.16. The summed E-state index contributed by atoms with van der Waals surface area (Å²) in [5.74, 6) is 0.903. The average molecular weight is 238 g/mol. The number of rotatable bonds is 4. The highest BCUT2D eigenvalue weighted by Crippen LogP contribution is 2.42. The van der Waals surface area contributed by atoms with Crippen LogP contribution in [0.1, 0.15) is 11.7 Å². The molecule has 1 aliphatic heterocycles. The van der Waals surface area contributed by atoms with Gasteiger partial charge in [-0.3, -0.25) is 0 Å². The molecule has 1 fully saturated rings. The van der Waals surface area contributed by atoms with Crippen molar-refractivity contribution in [2.24, 2.45) is 0 Å². The zero-order chi connectivity index (χ0) is 12.4. The summed E-state index contributed by atoms with van der Waals surface area (Å²) in [5.41, 5.74) is 0.873. The molecule has 1 heterocycles. The van der Waals surface area contributed by atoms with Crippen molar-refractivity contribution in [3.8, 4) is 11.5 Å². The first-order valence-electron chi connectivity index (χ1n) is 5.16. The van der Waals surface area contributed by atoms with Gasteiger partial charge in [0.2, 0.25) is 0 Å². The minimum Gasteiger partial charge on any atom is -0.493 e. The Hall–Kier alpha value is -1.75. The number of epoxide rings is 1. The molecule has 1 saturated heterocycles. The summed E-state index contributed by atoms with van der Waals surface area (Å²) in [5, 5.41) is 0. The lowest BCUT2D eigenvalue weighted by Gasteiger charge is -2.08. The highest BCUT2D eigenvalue weighted by atomic mass is 16.6. The van der Waals surface area contributed by atoms with Crippen molar-refractivity contribution in [2.75, 3.05) is 21.3 Å². The monoisotopic (exact) mass is 238 g/mol. The van der Waals surface area contributed by atoms with Gasteiger partial charge < -0.3 is 18.9 Å². The molecule has 1 aliphatic rings. The molecule has 1 aromatic rings. The molecule has 1 aromatic carbocycles. The predicted octanol–water partition coefficient (Wildman–Crippen LogP) is 1.32. The molecule has 0 aliphatic carbocycles. The SMILES string of the molecule is COC(=O)[C@@H]1O[C@@H]1c1ccc(OC)c(OC)c1. The van der Waals surface area contributed by atoms with Crippen molar-refractivity contribution in [1.29, 1.82) is 0 Å². The fourth-order valence-corrected chi connectivity index (χ4v) is 1.69. The maximum absolute atomic E-state index is 11.2. The Balaban J connectivity index is 2.16. The molecular formula is C12H14O5. The normalized spacial score (nSPS) is 21.8. The second kappa shape index (κ2) is 4.63. The molecule has 0 N–H and O–H groups in total. The molecule has 0 aromatic heterocycles. The fourth-order valence-electron chi connectivity index (χ4n) is 1.69. The molecule has 92 valence electrons. The Morgan fingerprint density at radius 3 is 2.47 bits per heavy atom. The molecule has 0 unspecified atom stereocenters. The fraction of sp³-hybridized carbons (Fsp3) is 0.417. The lowest BCUT2D eigenvalue weighted by Crippen LogP contribution is -2.09. The minimum absolute atomic E-state index is 0.248. The Kier molecular flexibility index (Phi) is 3.19. The van der Waals surface area contributed by atoms with Crippen molar-refractivity contribution in [1.82, 2.24) is 0 Å². The third-order valence-electron chi connectivity index (χ3n) is 2.66. The van der Waals surface area contributed by atoms with E-state index in [2.05, 4.69) is 4.74 Å². The minimum atomic E-state index is -0.502. The van der Waals surface area contributed by atoms with E-state index in [1.54, 1.807) is 26.4 Å². The summed E-state index contributed by atoms with van der Waals surface area (Å²) < 4.78 is 20.2. The van der Waals surface area contributed by atoms with Gasteiger partial charge in [0.05, 0.1) is 21.3 Å². The van der Waals surface area contributed by atoms with Crippen LogP contribution in [-0.4, -0.2) is 33.4 Å². The van der Waals surface area contributed by atoms with Gasteiger partial charge in [-0.05, 0) is 17.7 Å². The van der Waals surface area contributed by atoms with Crippen LogP contribution in [0.25, 0.3) is 0 Å². The predicted molar refractivity (Wildman–Crippen MR) is 59.2 cm³/mol. The van der Waals surface area contributed by atoms with Crippen molar-refractivity contribution in [3.05, 3.63) is 23.8 Å². The van der Waals surface area contributed by atoms with Crippen molar-refractivity contribution in [2.45, 2.75) is 12.2 Å². The maximum Gasteiger partial charge on any atom is 0.338 e. The van der Waals surface area contributed by atoms with Crippen LogP contribution in [0.2, 0.25) is 0 Å². The highest BCUT2D eigenvalue weighted by Gasteiger charge is 2.47. The summed E-state index contributed by atoms with van der Waals surface area (Å²) >= 11 is 0. The molecular weight excluding hydrogens is 224 g/mol. The number of hydrogen-bond acceptors (Lipinski definition) is 5. The van der Waals surface area contributed by atoms with E-state index in [0.717, 1.165) is 5.56 Å². The molecule has 2 rings (SSSR count). The van der Waals surface area contributed by atoms with E-state index in [0.29, 0.717) is 11.5 Å². The van der Waals surface area contributed by atoms with Gasteiger partial charge in [-0.1, -0.05) is 6.07 Å². The zero-order valence-corrected chi connectivity index (χ0v) is 9.93. The molecule has 0 amide bonds. The topological polar surface area (TPSA) is 57.3 Å². The van der Waals surface area contributed by atoms with Crippen molar-refractivity contribution < 1.29 is 23.7 Å². The summed E-state index contributed by atoms with van der Waals surface area (Å²) in [6.45, 7) is 0. The number of hydrogen-bond donors (Lipinski definition) is 0. The smallest absolute Gasteiger partial charge is 0.338 e. The quantitative estimate of drug-likeness (QED) is 0.585. The Labute approximate surface area is 99.2 Å². The lowest BCUT2D eigenvalue weighted by molar-refractivity contribution is -0.142. The first kappa shape index (κ1) is 11.7. The standard InChI is InChI=1S/C12H14O5/c1-14-8-5-4-7(6-9(8)15-2)10-11(17-10)12(13)16-3/h4-6,10-11H,1-3H3/t10-,11-/m1/s1. The summed E-state index contributed by atoms with van der Waals surface area (Å²) in [6, 6.07) is 5.42. The van der Waals surface area contributed by atoms with Crippen LogP contribution in [0.3, 0.4) is 0 Å². The van der Waals surface area contributed by atoms with Crippen LogP contribution in [0.15, 0.2) is 18.2 Å². The van der Waals surface area contributed by atoms with Gasteiger partial charge in [-0.25, -0.2) is 4.79 Å². The van der Waals surface area contributed by atoms with E-state index in [1.807, 2.05) is 6.07 Å². The Bertz CT molecular complexity index is 429. The number of ether oxygens (including phenoxy) is 4.